The summed E-state index contributed by atoms with van der Waals surface area (Å²) in [7, 11) is -3.90. The Labute approximate surface area is 133 Å². The van der Waals surface area contributed by atoms with Gasteiger partial charge < -0.3 is 5.11 Å². The molecule has 1 aliphatic rings. The van der Waals surface area contributed by atoms with Crippen molar-refractivity contribution < 1.29 is 27.1 Å². The molecule has 1 saturated heterocycles. The topological polar surface area (TPSA) is 74.7 Å². The summed E-state index contributed by atoms with van der Waals surface area (Å²) in [6.45, 7) is 3.88. The van der Waals surface area contributed by atoms with Gasteiger partial charge in [0.15, 0.2) is 0 Å². The van der Waals surface area contributed by atoms with E-state index in [0.29, 0.717) is 0 Å². The zero-order valence-electron chi connectivity index (χ0n) is 12.5. The zero-order valence-corrected chi connectivity index (χ0v) is 13.3. The van der Waals surface area contributed by atoms with Gasteiger partial charge in [-0.3, -0.25) is 4.79 Å². The second-order valence-electron chi connectivity index (χ2n) is 5.76. The van der Waals surface area contributed by atoms with Crippen LogP contribution < -0.4 is 0 Å². The molecule has 8 heteroatoms. The van der Waals surface area contributed by atoms with Crippen molar-refractivity contribution in [2.45, 2.75) is 24.2 Å². The summed E-state index contributed by atoms with van der Waals surface area (Å²) in [5.74, 6) is -4.13. The molecule has 1 N–H and O–H groups in total. The monoisotopic (exact) mass is 345 g/mol. The van der Waals surface area contributed by atoms with Gasteiger partial charge in [0.05, 0.1) is 10.3 Å². The van der Waals surface area contributed by atoms with Gasteiger partial charge in [0.1, 0.15) is 0 Å². The minimum Gasteiger partial charge on any atom is -0.481 e. The van der Waals surface area contributed by atoms with E-state index in [1.54, 1.807) is 0 Å². The predicted octanol–water partition coefficient (Wildman–Crippen LogP) is 2.45. The summed E-state index contributed by atoms with van der Waals surface area (Å²) in [6.07, 6.45) is 1.60. The largest absolute Gasteiger partial charge is 0.481 e. The number of nitrogens with zero attached hydrogens (tertiary/aromatic N) is 1. The van der Waals surface area contributed by atoms with Crippen molar-refractivity contribution in [3.63, 3.8) is 0 Å². The lowest BCUT2D eigenvalue weighted by molar-refractivity contribution is -0.155. The Hall–Kier alpha value is -1.80. The molecule has 1 heterocycles. The highest BCUT2D eigenvalue weighted by Gasteiger charge is 2.53. The maximum atomic E-state index is 13.2. The van der Waals surface area contributed by atoms with E-state index in [9.17, 15) is 27.1 Å². The quantitative estimate of drug-likeness (QED) is 0.804. The van der Waals surface area contributed by atoms with Gasteiger partial charge in [-0.1, -0.05) is 18.2 Å². The molecule has 0 atom stereocenters. The van der Waals surface area contributed by atoms with Crippen molar-refractivity contribution in [2.24, 2.45) is 5.41 Å². The SMILES string of the molecule is C=CCC1(C(=O)O)CN(S(=O)(=O)c2ccc(C(C)(F)F)cc2)C1. The molecule has 1 fully saturated rings. The van der Waals surface area contributed by atoms with Crippen LogP contribution in [0.15, 0.2) is 41.8 Å². The highest BCUT2D eigenvalue weighted by atomic mass is 32.2. The smallest absolute Gasteiger partial charge is 0.312 e. The lowest BCUT2D eigenvalue weighted by Crippen LogP contribution is -2.61. The van der Waals surface area contributed by atoms with Gasteiger partial charge in [-0.15, -0.1) is 6.58 Å². The van der Waals surface area contributed by atoms with E-state index in [2.05, 4.69) is 6.58 Å². The third-order valence-corrected chi connectivity index (χ3v) is 5.75. The van der Waals surface area contributed by atoms with E-state index in [1.165, 1.54) is 6.08 Å². The Balaban J connectivity index is 2.21. The Bertz CT molecular complexity index is 717. The minimum absolute atomic E-state index is 0.136. The van der Waals surface area contributed by atoms with Crippen LogP contribution in [0.2, 0.25) is 0 Å². The lowest BCUT2D eigenvalue weighted by Gasteiger charge is -2.45. The van der Waals surface area contributed by atoms with Crippen molar-refractivity contribution in [3.8, 4) is 0 Å². The van der Waals surface area contributed by atoms with Crippen molar-refractivity contribution in [1.82, 2.24) is 4.31 Å². The maximum absolute atomic E-state index is 13.2. The van der Waals surface area contributed by atoms with Crippen LogP contribution in [0.25, 0.3) is 0 Å². The number of hydrogen-bond acceptors (Lipinski definition) is 3. The number of benzene rings is 1. The van der Waals surface area contributed by atoms with Crippen molar-refractivity contribution in [1.29, 1.82) is 0 Å². The van der Waals surface area contributed by atoms with Crippen LogP contribution in [0.4, 0.5) is 8.78 Å². The summed E-state index contributed by atoms with van der Waals surface area (Å²) in [6, 6.07) is 4.33. The van der Waals surface area contributed by atoms with Crippen LogP contribution in [0.1, 0.15) is 18.9 Å². The molecule has 2 rings (SSSR count). The molecule has 0 saturated carbocycles. The van der Waals surface area contributed by atoms with E-state index < -0.39 is 27.3 Å². The maximum Gasteiger partial charge on any atom is 0.312 e. The van der Waals surface area contributed by atoms with E-state index in [1.807, 2.05) is 0 Å². The fraction of sp³-hybridized carbons (Fsp3) is 0.400. The molecule has 1 aliphatic heterocycles. The van der Waals surface area contributed by atoms with Gasteiger partial charge in [-0.25, -0.2) is 17.2 Å². The number of carbonyl (C=O) groups is 1. The molecule has 0 spiro atoms. The first kappa shape index (κ1) is 17.6. The fourth-order valence-corrected chi connectivity index (χ4v) is 4.11. The molecule has 0 unspecified atom stereocenters. The van der Waals surface area contributed by atoms with Gasteiger partial charge in [-0.2, -0.15) is 4.31 Å². The Morgan fingerprint density at radius 3 is 2.30 bits per heavy atom. The van der Waals surface area contributed by atoms with Crippen LogP contribution in [0.5, 0.6) is 0 Å². The highest BCUT2D eigenvalue weighted by molar-refractivity contribution is 7.89. The first-order valence-corrected chi connectivity index (χ1v) is 8.30. The number of allylic oxidation sites excluding steroid dienone is 1. The summed E-state index contributed by atoms with van der Waals surface area (Å²) < 4.78 is 52.2. The van der Waals surface area contributed by atoms with Crippen LogP contribution in [-0.4, -0.2) is 36.9 Å². The van der Waals surface area contributed by atoms with Gasteiger partial charge >= 0.3 is 5.97 Å². The first-order valence-electron chi connectivity index (χ1n) is 6.86. The summed E-state index contributed by atoms with van der Waals surface area (Å²) in [5, 5.41) is 9.24. The normalized spacial score (nSPS) is 18.2. The van der Waals surface area contributed by atoms with Crippen molar-refractivity contribution >= 4 is 16.0 Å². The molecule has 1 aromatic rings. The number of carboxylic acid groups (broad SMARTS) is 1. The average molecular weight is 345 g/mol. The van der Waals surface area contributed by atoms with E-state index in [0.717, 1.165) is 35.5 Å². The number of carboxylic acids is 1. The van der Waals surface area contributed by atoms with Gasteiger partial charge in [0.2, 0.25) is 10.0 Å². The Morgan fingerprint density at radius 1 is 1.39 bits per heavy atom. The van der Waals surface area contributed by atoms with Crippen LogP contribution in [0.3, 0.4) is 0 Å². The number of aliphatic carboxylic acids is 1. The molecule has 0 amide bonds. The predicted molar refractivity (Wildman–Crippen MR) is 79.7 cm³/mol. The number of rotatable bonds is 6. The number of hydrogen-bond donors (Lipinski definition) is 1. The zero-order chi connectivity index (χ0) is 17.5. The third kappa shape index (κ3) is 3.13. The molecule has 23 heavy (non-hydrogen) atoms. The molecule has 5 nitrogen and oxygen atoms in total. The van der Waals surface area contributed by atoms with E-state index >= 15 is 0 Å². The molecule has 1 aromatic carbocycles. The molecule has 0 radical (unpaired) electrons. The van der Waals surface area contributed by atoms with Crippen molar-refractivity contribution in [3.05, 3.63) is 42.5 Å². The molecule has 0 aromatic heterocycles. The van der Waals surface area contributed by atoms with Crippen LogP contribution in [0, 0.1) is 5.41 Å². The van der Waals surface area contributed by atoms with Crippen LogP contribution >= 0.6 is 0 Å². The summed E-state index contributed by atoms with van der Waals surface area (Å²) >= 11 is 0. The minimum atomic E-state index is -3.90. The van der Waals surface area contributed by atoms with E-state index in [-0.39, 0.29) is 30.0 Å². The molecule has 126 valence electrons. The van der Waals surface area contributed by atoms with Crippen molar-refractivity contribution in [2.75, 3.05) is 13.1 Å². The van der Waals surface area contributed by atoms with Gasteiger partial charge in [0.25, 0.3) is 5.92 Å². The fourth-order valence-electron chi connectivity index (χ4n) is 2.50. The molecule has 0 bridgehead atoms. The number of alkyl halides is 2. The summed E-state index contributed by atoms with van der Waals surface area (Å²) in [5.41, 5.74) is -1.45. The first-order chi connectivity index (χ1) is 10.5. The summed E-state index contributed by atoms with van der Waals surface area (Å²) in [4.78, 5) is 11.2. The highest BCUT2D eigenvalue weighted by Crippen LogP contribution is 2.38. The molecule has 0 aliphatic carbocycles. The van der Waals surface area contributed by atoms with E-state index in [4.69, 9.17) is 0 Å². The second kappa shape index (κ2) is 5.68. The second-order valence-corrected chi connectivity index (χ2v) is 7.70. The Morgan fingerprint density at radius 2 is 1.91 bits per heavy atom. The molecular formula is C15H17F2NO4S. The third-order valence-electron chi connectivity index (χ3n) is 3.95. The van der Waals surface area contributed by atoms with Gasteiger partial charge in [0, 0.05) is 25.6 Å². The Kier molecular flexibility index (Phi) is 4.34. The van der Waals surface area contributed by atoms with Crippen LogP contribution in [-0.2, 0) is 20.7 Å². The average Bonchev–Trinajstić information content (AvgIpc) is 2.41. The lowest BCUT2D eigenvalue weighted by atomic mass is 9.79. The molecular weight excluding hydrogens is 328 g/mol. The number of sulfonamides is 1. The standard InChI is InChI=1S/C15H17F2NO4S/c1-3-8-15(13(19)20)9-18(10-15)23(21,22)12-6-4-11(5-7-12)14(2,16)17/h3-7H,1,8-10H2,2H3,(H,19,20). The van der Waals surface area contributed by atoms with Gasteiger partial charge in [-0.05, 0) is 18.6 Å². The number of halogens is 2.